The molecule has 1 N–H and O–H groups in total. The van der Waals surface area contributed by atoms with E-state index < -0.39 is 5.67 Å². The molecule has 2 rings (SSSR count). The zero-order valence-electron chi connectivity index (χ0n) is 6.61. The summed E-state index contributed by atoms with van der Waals surface area (Å²) in [6.07, 6.45) is 2.95. The average molecular weight is 159 g/mol. The summed E-state index contributed by atoms with van der Waals surface area (Å²) in [6, 6.07) is 0. The third-order valence-electron chi connectivity index (χ3n) is 2.50. The van der Waals surface area contributed by atoms with Crippen LogP contribution in [0.3, 0.4) is 0 Å². The van der Waals surface area contributed by atoms with Crippen molar-refractivity contribution in [1.29, 1.82) is 0 Å². The van der Waals surface area contributed by atoms with Crippen molar-refractivity contribution in [2.24, 2.45) is 0 Å². The number of hydrogen-bond donors (Lipinski definition) is 1. The fourth-order valence-corrected chi connectivity index (χ4v) is 1.75. The molecular formula is C8H14FNO. The molecule has 2 saturated heterocycles. The molecular weight excluding hydrogens is 145 g/mol. The lowest BCUT2D eigenvalue weighted by Gasteiger charge is -2.36. The fourth-order valence-electron chi connectivity index (χ4n) is 1.75. The van der Waals surface area contributed by atoms with Crippen LogP contribution in [0.1, 0.15) is 19.3 Å². The molecule has 2 aliphatic rings. The van der Waals surface area contributed by atoms with Crippen LogP contribution in [0.15, 0.2) is 0 Å². The number of rotatable bonds is 2. The normalized spacial score (nSPS) is 35.2. The lowest BCUT2D eigenvalue weighted by atomic mass is 9.91. The maximum Gasteiger partial charge on any atom is 0.138 e. The van der Waals surface area contributed by atoms with Crippen molar-refractivity contribution in [3.05, 3.63) is 0 Å². The van der Waals surface area contributed by atoms with Gasteiger partial charge in [0.1, 0.15) is 5.67 Å². The molecule has 0 spiro atoms. The largest absolute Gasteiger partial charge is 0.378 e. The second kappa shape index (κ2) is 2.72. The molecule has 3 heteroatoms. The molecule has 0 aliphatic carbocycles. The van der Waals surface area contributed by atoms with Gasteiger partial charge in [-0.3, -0.25) is 0 Å². The molecule has 2 aliphatic heterocycles. The Hall–Kier alpha value is -0.150. The van der Waals surface area contributed by atoms with Gasteiger partial charge in [-0.1, -0.05) is 0 Å². The van der Waals surface area contributed by atoms with Crippen molar-refractivity contribution >= 4 is 0 Å². The van der Waals surface area contributed by atoms with Crippen molar-refractivity contribution in [2.45, 2.75) is 31.0 Å². The first-order valence-corrected chi connectivity index (χ1v) is 4.30. The monoisotopic (exact) mass is 159 g/mol. The molecule has 0 radical (unpaired) electrons. The van der Waals surface area contributed by atoms with Gasteiger partial charge in [-0.2, -0.15) is 0 Å². The van der Waals surface area contributed by atoms with Gasteiger partial charge in [-0.25, -0.2) is 4.39 Å². The topological polar surface area (TPSA) is 21.3 Å². The van der Waals surface area contributed by atoms with Crippen LogP contribution in [0.2, 0.25) is 0 Å². The van der Waals surface area contributed by atoms with Crippen molar-refractivity contribution < 1.29 is 9.13 Å². The lowest BCUT2D eigenvalue weighted by Crippen LogP contribution is -2.57. The predicted molar refractivity (Wildman–Crippen MR) is 40.3 cm³/mol. The summed E-state index contributed by atoms with van der Waals surface area (Å²) < 4.78 is 18.8. The minimum atomic E-state index is -0.949. The Morgan fingerprint density at radius 1 is 1.55 bits per heavy atom. The van der Waals surface area contributed by atoms with Gasteiger partial charge in [0.2, 0.25) is 0 Å². The summed E-state index contributed by atoms with van der Waals surface area (Å²) in [5, 5.41) is 2.95. The Kier molecular flexibility index (Phi) is 1.85. The number of hydrogen-bond acceptors (Lipinski definition) is 2. The van der Waals surface area contributed by atoms with Crippen LogP contribution in [0, 0.1) is 0 Å². The van der Waals surface area contributed by atoms with Gasteiger partial charge in [-0.15, -0.1) is 0 Å². The third-order valence-corrected chi connectivity index (χ3v) is 2.50. The molecule has 0 bridgehead atoms. The first-order valence-electron chi connectivity index (χ1n) is 4.30. The summed E-state index contributed by atoms with van der Waals surface area (Å²) >= 11 is 0. The lowest BCUT2D eigenvalue weighted by molar-refractivity contribution is 0.00947. The zero-order chi connectivity index (χ0) is 7.73. The molecule has 11 heavy (non-hydrogen) atoms. The standard InChI is InChI=1S/C8H14FNO/c9-8(5-10-6-8)4-7-2-1-3-11-7/h7,10H,1-6H2/t7-/m0/s1. The third kappa shape index (κ3) is 1.54. The molecule has 0 unspecified atom stereocenters. The van der Waals surface area contributed by atoms with Crippen LogP contribution in [-0.2, 0) is 4.74 Å². The van der Waals surface area contributed by atoms with E-state index in [4.69, 9.17) is 4.74 Å². The Bertz CT molecular complexity index is 141. The second-order valence-corrected chi connectivity index (χ2v) is 3.59. The summed E-state index contributed by atoms with van der Waals surface area (Å²) in [5.74, 6) is 0. The van der Waals surface area contributed by atoms with E-state index in [9.17, 15) is 4.39 Å². The van der Waals surface area contributed by atoms with Crippen LogP contribution in [0.5, 0.6) is 0 Å². The molecule has 0 aromatic rings. The average Bonchev–Trinajstić information content (AvgIpc) is 2.36. The van der Waals surface area contributed by atoms with Crippen molar-refractivity contribution in [2.75, 3.05) is 19.7 Å². The van der Waals surface area contributed by atoms with Crippen molar-refractivity contribution in [3.63, 3.8) is 0 Å². The van der Waals surface area contributed by atoms with Crippen LogP contribution in [-0.4, -0.2) is 31.5 Å². The molecule has 1 atom stereocenters. The number of ether oxygens (including phenoxy) is 1. The van der Waals surface area contributed by atoms with E-state index in [1.54, 1.807) is 0 Å². The summed E-state index contributed by atoms with van der Waals surface area (Å²) in [4.78, 5) is 0. The smallest absolute Gasteiger partial charge is 0.138 e. The second-order valence-electron chi connectivity index (χ2n) is 3.59. The Morgan fingerprint density at radius 2 is 2.36 bits per heavy atom. The predicted octanol–water partition coefficient (Wildman–Crippen LogP) is 0.867. The Morgan fingerprint density at radius 3 is 2.82 bits per heavy atom. The van der Waals surface area contributed by atoms with E-state index in [0.29, 0.717) is 19.5 Å². The molecule has 0 saturated carbocycles. The molecule has 0 amide bonds. The van der Waals surface area contributed by atoms with Gasteiger partial charge in [0, 0.05) is 26.1 Å². The minimum Gasteiger partial charge on any atom is -0.378 e. The van der Waals surface area contributed by atoms with Gasteiger partial charge in [-0.05, 0) is 12.8 Å². The SMILES string of the molecule is FC1(C[C@@H]2CCCO2)CNC1. The zero-order valence-corrected chi connectivity index (χ0v) is 6.61. The van der Waals surface area contributed by atoms with Crippen molar-refractivity contribution in [3.8, 4) is 0 Å². The number of nitrogens with one attached hydrogen (secondary N) is 1. The molecule has 2 heterocycles. The first-order chi connectivity index (χ1) is 5.29. The van der Waals surface area contributed by atoms with E-state index >= 15 is 0 Å². The summed E-state index contributed by atoms with van der Waals surface area (Å²) in [6.45, 7) is 1.87. The van der Waals surface area contributed by atoms with Gasteiger partial charge >= 0.3 is 0 Å². The van der Waals surface area contributed by atoms with E-state index in [1.165, 1.54) is 0 Å². The molecule has 2 fully saturated rings. The summed E-state index contributed by atoms with van der Waals surface area (Å²) in [5.41, 5.74) is -0.949. The maximum atomic E-state index is 13.4. The molecule has 0 aromatic heterocycles. The quantitative estimate of drug-likeness (QED) is 0.645. The van der Waals surface area contributed by atoms with Gasteiger partial charge in [0.05, 0.1) is 6.10 Å². The van der Waals surface area contributed by atoms with E-state index in [-0.39, 0.29) is 6.10 Å². The molecule has 2 nitrogen and oxygen atoms in total. The van der Waals surface area contributed by atoms with E-state index in [1.807, 2.05) is 0 Å². The first kappa shape index (κ1) is 7.50. The highest BCUT2D eigenvalue weighted by Crippen LogP contribution is 2.28. The van der Waals surface area contributed by atoms with Crippen LogP contribution < -0.4 is 5.32 Å². The molecule has 64 valence electrons. The summed E-state index contributed by atoms with van der Waals surface area (Å²) in [7, 11) is 0. The molecule has 0 aromatic carbocycles. The minimum absolute atomic E-state index is 0.196. The van der Waals surface area contributed by atoms with Crippen LogP contribution in [0.4, 0.5) is 4.39 Å². The highest BCUT2D eigenvalue weighted by molar-refractivity contribution is 4.95. The van der Waals surface area contributed by atoms with Crippen LogP contribution >= 0.6 is 0 Å². The number of alkyl halides is 1. The van der Waals surface area contributed by atoms with E-state index in [0.717, 1.165) is 19.4 Å². The number of halogens is 1. The highest BCUT2D eigenvalue weighted by atomic mass is 19.1. The highest BCUT2D eigenvalue weighted by Gasteiger charge is 2.39. The van der Waals surface area contributed by atoms with Crippen LogP contribution in [0.25, 0.3) is 0 Å². The van der Waals surface area contributed by atoms with Gasteiger partial charge in [0.15, 0.2) is 0 Å². The van der Waals surface area contributed by atoms with Crippen molar-refractivity contribution in [1.82, 2.24) is 5.32 Å². The van der Waals surface area contributed by atoms with Gasteiger partial charge in [0.25, 0.3) is 0 Å². The Balaban J connectivity index is 1.79. The fraction of sp³-hybridized carbons (Fsp3) is 1.00. The maximum absolute atomic E-state index is 13.4. The van der Waals surface area contributed by atoms with E-state index in [2.05, 4.69) is 5.32 Å². The Labute approximate surface area is 66.1 Å². The van der Waals surface area contributed by atoms with Gasteiger partial charge < -0.3 is 10.1 Å².